The van der Waals surface area contributed by atoms with Crippen molar-refractivity contribution in [2.45, 2.75) is 31.6 Å². The summed E-state index contributed by atoms with van der Waals surface area (Å²) < 4.78 is 256. The molecule has 0 aromatic heterocycles. The Labute approximate surface area is 358 Å². The Morgan fingerprint density at radius 2 is 1.04 bits per heavy atom. The molecule has 2 aliphatic rings. The van der Waals surface area contributed by atoms with Gasteiger partial charge in [0.25, 0.3) is 0 Å². The van der Waals surface area contributed by atoms with Gasteiger partial charge in [-0.25, -0.2) is 0 Å². The average molecular weight is 720 g/mol. The summed E-state index contributed by atoms with van der Waals surface area (Å²) in [6.07, 6.45) is 0. The number of hydrogen-bond acceptors (Lipinski definition) is 1. The zero-order valence-corrected chi connectivity index (χ0v) is 28.8. The smallest absolute Gasteiger partial charge is 0.0716 e. The summed E-state index contributed by atoms with van der Waals surface area (Å²) in [5.74, 6) is 0. The van der Waals surface area contributed by atoms with Crippen LogP contribution in [0.2, 0.25) is 0 Å². The van der Waals surface area contributed by atoms with Gasteiger partial charge in [0.1, 0.15) is 0 Å². The Kier molecular flexibility index (Phi) is 3.29. The monoisotopic (exact) mass is 719 g/mol. The molecule has 2 aliphatic carbocycles. The van der Waals surface area contributed by atoms with Gasteiger partial charge < -0.3 is 4.90 Å². The van der Waals surface area contributed by atoms with Crippen LogP contribution in [0.4, 0.5) is 17.1 Å². The van der Waals surface area contributed by atoms with Crippen LogP contribution < -0.4 is 4.90 Å². The maximum Gasteiger partial charge on any atom is 0.0716 e. The van der Waals surface area contributed by atoms with E-state index in [2.05, 4.69) is 0 Å². The Bertz CT molecular complexity index is 4170. The SMILES string of the molecule is [2H]c1cc(N(c2cc([2H])c(-c3c([2H])c([2H])c([2H])c([2H])c3[2H])c([2H])c2)c2c([2H])c([2H])c3c(c2[2H])C(C)(C)c2c([2H])c([2H])c([2H])c([2H])c2-3)cc(C2(c3c([2H])c([2H])c([2H])c([2H])c3[2H])c3c([2H])c([2H])c([2H])c([2H])c3-c3c([2H])c([2H])c([2H])c(C)c32)c1[2H]. The Hall–Kier alpha value is -6.44. The summed E-state index contributed by atoms with van der Waals surface area (Å²) in [7, 11) is 0. The highest BCUT2D eigenvalue weighted by molar-refractivity contribution is 5.89. The highest BCUT2D eigenvalue weighted by atomic mass is 15.1. The van der Waals surface area contributed by atoms with E-state index in [1.54, 1.807) is 0 Å². The molecule has 10 rings (SSSR count). The summed E-state index contributed by atoms with van der Waals surface area (Å²) in [5, 5.41) is 0. The Balaban J connectivity index is 1.44. The van der Waals surface area contributed by atoms with Crippen molar-refractivity contribution < 1.29 is 38.4 Å². The number of benzene rings is 8. The van der Waals surface area contributed by atoms with Gasteiger partial charge in [0.15, 0.2) is 0 Å². The van der Waals surface area contributed by atoms with E-state index >= 15 is 0 Å². The van der Waals surface area contributed by atoms with Gasteiger partial charge in [-0.2, -0.15) is 0 Å². The van der Waals surface area contributed by atoms with Crippen LogP contribution in [-0.4, -0.2) is 0 Å². The lowest BCUT2D eigenvalue weighted by molar-refractivity contribution is 0.660. The fraction of sp³-hybridized carbons (Fsp3) is 0.0943. The van der Waals surface area contributed by atoms with Gasteiger partial charge in [0.05, 0.1) is 43.8 Å². The van der Waals surface area contributed by atoms with Gasteiger partial charge in [0, 0.05) is 22.5 Å². The topological polar surface area (TPSA) is 3.24 Å². The van der Waals surface area contributed by atoms with Crippen LogP contribution >= 0.6 is 0 Å². The minimum absolute atomic E-state index is 0.0322. The second kappa shape index (κ2) is 12.3. The van der Waals surface area contributed by atoms with E-state index < -0.39 is 242 Å². The largest absolute Gasteiger partial charge is 0.310 e. The molecule has 1 atom stereocenters. The molecule has 0 aliphatic heterocycles. The van der Waals surface area contributed by atoms with E-state index in [4.69, 9.17) is 20.6 Å². The average Bonchev–Trinajstić information content (AvgIpc) is 2.33. The lowest BCUT2D eigenvalue weighted by Gasteiger charge is -2.36. The van der Waals surface area contributed by atoms with Crippen molar-refractivity contribution >= 4 is 17.1 Å². The molecular weight excluding hydrogens is 651 g/mol. The third-order valence-corrected chi connectivity index (χ3v) is 9.95. The summed E-state index contributed by atoms with van der Waals surface area (Å²) in [5.41, 5.74) is -11.2. The van der Waals surface area contributed by atoms with Crippen LogP contribution in [0.1, 0.15) is 91.2 Å². The lowest BCUT2D eigenvalue weighted by Crippen LogP contribution is -2.29. The molecule has 1 nitrogen and oxygen atoms in total. The van der Waals surface area contributed by atoms with Crippen LogP contribution in [0.3, 0.4) is 0 Å². The van der Waals surface area contributed by atoms with Crippen molar-refractivity contribution in [2.24, 2.45) is 0 Å². The second-order valence-electron chi connectivity index (χ2n) is 13.2. The standard InChI is InChI=1S/C53H41N/c1-36-16-14-25-47-45-24-11-13-27-49(45)53(51(36)47,39-19-8-5-9-20-39)40-21-15-22-42(34-40)54(41-30-28-38(29-31-41)37-17-6-4-7-18-37)43-32-33-46-44-23-10-12-26-48(44)52(2,3)50(46)35-43/h4-35H,1-3H3/i4D,5D,6D,7D,8D,9D,10D,11D,12D,13D,14D,15D,16D,17D,18D,19D,20D,21D,23D,24D,25D,26D,27D,28D,29D,32D,33D,35D. The van der Waals surface area contributed by atoms with E-state index in [1.807, 2.05) is 0 Å². The molecule has 0 N–H and O–H groups in total. The number of fused-ring (bicyclic) bond motifs is 6. The first-order valence-electron chi connectivity index (χ1n) is 30.7. The van der Waals surface area contributed by atoms with E-state index in [0.717, 1.165) is 29.2 Å². The van der Waals surface area contributed by atoms with Crippen LogP contribution in [0, 0.1) is 6.92 Å². The molecular formula is C53H41N. The van der Waals surface area contributed by atoms with Crippen LogP contribution in [0.15, 0.2) is 193 Å². The van der Waals surface area contributed by atoms with Crippen molar-refractivity contribution in [3.8, 4) is 33.4 Å². The highest BCUT2D eigenvalue weighted by Crippen LogP contribution is 2.58. The molecule has 8 aromatic rings. The normalized spacial score (nSPS) is 23.2. The maximum absolute atomic E-state index is 10.2. The summed E-state index contributed by atoms with van der Waals surface area (Å²) in [6.45, 7) is 4.31. The predicted molar refractivity (Wildman–Crippen MR) is 226 cm³/mol. The van der Waals surface area contributed by atoms with Crippen molar-refractivity contribution in [1.82, 2.24) is 0 Å². The molecule has 258 valence electrons. The van der Waals surface area contributed by atoms with Crippen molar-refractivity contribution in [3.05, 3.63) is 232 Å². The van der Waals surface area contributed by atoms with Crippen LogP contribution in [0.5, 0.6) is 0 Å². The van der Waals surface area contributed by atoms with Gasteiger partial charge in [-0.1, -0.05) is 171 Å². The number of nitrogens with zero attached hydrogens (tertiary/aromatic N) is 1. The molecule has 8 aromatic carbocycles. The number of rotatable bonds is 6. The van der Waals surface area contributed by atoms with Gasteiger partial charge >= 0.3 is 0 Å². The predicted octanol–water partition coefficient (Wildman–Crippen LogP) is 13.8. The van der Waals surface area contributed by atoms with Gasteiger partial charge in [-0.15, -0.1) is 0 Å². The molecule has 0 heterocycles. The number of anilines is 3. The third-order valence-electron chi connectivity index (χ3n) is 9.95. The molecule has 0 saturated heterocycles. The van der Waals surface area contributed by atoms with Crippen LogP contribution in [-0.2, 0) is 10.8 Å². The molecule has 0 amide bonds. The van der Waals surface area contributed by atoms with Crippen molar-refractivity contribution in [3.63, 3.8) is 0 Å². The van der Waals surface area contributed by atoms with Crippen molar-refractivity contribution in [1.29, 1.82) is 0 Å². The second-order valence-corrected chi connectivity index (χ2v) is 13.2. The van der Waals surface area contributed by atoms with E-state index in [-0.39, 0.29) is 27.8 Å². The summed E-state index contributed by atoms with van der Waals surface area (Å²) >= 11 is 0. The van der Waals surface area contributed by atoms with Crippen molar-refractivity contribution in [2.75, 3.05) is 4.90 Å². The van der Waals surface area contributed by atoms with Crippen LogP contribution in [0.25, 0.3) is 33.4 Å². The first-order chi connectivity index (χ1) is 38.1. The molecule has 0 spiro atoms. The van der Waals surface area contributed by atoms with E-state index in [9.17, 15) is 17.8 Å². The Morgan fingerprint density at radius 3 is 1.80 bits per heavy atom. The zero-order chi connectivity index (χ0) is 60.8. The fourth-order valence-corrected chi connectivity index (χ4v) is 7.59. The summed E-state index contributed by atoms with van der Waals surface area (Å²) in [6, 6.07) is -18.3. The first kappa shape index (κ1) is 14.4. The molecule has 54 heavy (non-hydrogen) atoms. The Morgan fingerprint density at radius 1 is 0.444 bits per heavy atom. The zero-order valence-electron chi connectivity index (χ0n) is 56.8. The first-order valence-corrected chi connectivity index (χ1v) is 16.7. The minimum atomic E-state index is -2.87. The molecule has 0 radical (unpaired) electrons. The van der Waals surface area contributed by atoms with Gasteiger partial charge in [0.2, 0.25) is 0 Å². The molecule has 0 saturated carbocycles. The third kappa shape index (κ3) is 4.71. The summed E-state index contributed by atoms with van der Waals surface area (Å²) in [4.78, 5) is 0.984. The number of hydrogen-bond donors (Lipinski definition) is 0. The minimum Gasteiger partial charge on any atom is -0.310 e. The van der Waals surface area contributed by atoms with Gasteiger partial charge in [-0.3, -0.25) is 0 Å². The quantitative estimate of drug-likeness (QED) is 0.165. The highest BCUT2D eigenvalue weighted by Gasteiger charge is 2.47. The molecule has 1 heteroatoms. The van der Waals surface area contributed by atoms with E-state index in [1.165, 1.54) is 20.8 Å². The molecule has 0 bridgehead atoms. The fourth-order valence-electron chi connectivity index (χ4n) is 7.59. The molecule has 1 unspecified atom stereocenters. The molecule has 0 fully saturated rings. The lowest BCUT2D eigenvalue weighted by atomic mass is 9.66. The van der Waals surface area contributed by atoms with E-state index in [0.29, 0.717) is 0 Å². The van der Waals surface area contributed by atoms with Gasteiger partial charge in [-0.05, 0) is 116 Å². The maximum atomic E-state index is 10.2.